The van der Waals surface area contributed by atoms with Crippen molar-refractivity contribution >= 4 is 11.6 Å². The summed E-state index contributed by atoms with van der Waals surface area (Å²) in [4.78, 5) is 15.6. The van der Waals surface area contributed by atoms with E-state index in [0.29, 0.717) is 17.4 Å². The Balaban J connectivity index is 1.13. The van der Waals surface area contributed by atoms with Gasteiger partial charge in [0.05, 0.1) is 0 Å². The van der Waals surface area contributed by atoms with Gasteiger partial charge in [-0.2, -0.15) is 0 Å². The van der Waals surface area contributed by atoms with Gasteiger partial charge in [0.2, 0.25) is 0 Å². The molecule has 3 aliphatic rings. The second-order valence-electron chi connectivity index (χ2n) is 11.1. The van der Waals surface area contributed by atoms with Crippen molar-refractivity contribution in [1.82, 2.24) is 4.90 Å². The quantitative estimate of drug-likeness (QED) is 0.457. The highest BCUT2D eigenvalue weighted by Gasteiger charge is 2.44. The zero-order valence-corrected chi connectivity index (χ0v) is 20.8. The van der Waals surface area contributed by atoms with Crippen molar-refractivity contribution in [3.8, 4) is 0 Å². The van der Waals surface area contributed by atoms with Crippen LogP contribution < -0.4 is 5.32 Å². The molecule has 1 saturated heterocycles. The topological polar surface area (TPSA) is 32.3 Å². The highest BCUT2D eigenvalue weighted by atomic mass is 16.1. The second kappa shape index (κ2) is 9.28. The number of rotatable bonds is 4. The molecule has 2 fully saturated rings. The molecule has 1 spiro atoms. The first kappa shape index (κ1) is 22.5. The average molecular weight is 465 g/mol. The van der Waals surface area contributed by atoms with Gasteiger partial charge in [0.1, 0.15) is 0 Å². The van der Waals surface area contributed by atoms with Gasteiger partial charge in [-0.3, -0.25) is 9.69 Å². The number of aryl methyl sites for hydroxylation is 2. The normalized spacial score (nSPS) is 26.1. The van der Waals surface area contributed by atoms with Crippen LogP contribution in [0.2, 0.25) is 0 Å². The van der Waals surface area contributed by atoms with Crippen LogP contribution in [-0.2, 0) is 11.8 Å². The number of nitrogens with zero attached hydrogens (tertiary/aromatic N) is 1. The monoisotopic (exact) mass is 464 g/mol. The highest BCUT2D eigenvalue weighted by molar-refractivity contribution is 6.04. The summed E-state index contributed by atoms with van der Waals surface area (Å²) in [6, 6.07) is 25.9. The number of piperidine rings is 1. The number of carbonyl (C=O) groups is 1. The smallest absolute Gasteiger partial charge is 0.255 e. The van der Waals surface area contributed by atoms with Crippen LogP contribution in [0.15, 0.2) is 72.8 Å². The maximum Gasteiger partial charge on any atom is 0.255 e. The molecular weight excluding hydrogens is 428 g/mol. The van der Waals surface area contributed by atoms with Gasteiger partial charge < -0.3 is 5.32 Å². The lowest BCUT2D eigenvalue weighted by molar-refractivity contribution is 0.102. The molecule has 0 aromatic heterocycles. The molecule has 3 unspecified atom stereocenters. The molecule has 3 heteroatoms. The molecule has 3 aromatic rings. The van der Waals surface area contributed by atoms with Gasteiger partial charge in [0.15, 0.2) is 0 Å². The van der Waals surface area contributed by atoms with E-state index < -0.39 is 0 Å². The summed E-state index contributed by atoms with van der Waals surface area (Å²) in [5, 5.41) is 3.01. The third-order valence-corrected chi connectivity index (χ3v) is 8.99. The predicted octanol–water partition coefficient (Wildman–Crippen LogP) is 6.86. The van der Waals surface area contributed by atoms with Crippen LogP contribution in [0.5, 0.6) is 0 Å². The molecule has 6 rings (SSSR count). The van der Waals surface area contributed by atoms with Crippen molar-refractivity contribution in [2.75, 3.05) is 18.4 Å². The summed E-state index contributed by atoms with van der Waals surface area (Å²) in [7, 11) is 0. The average Bonchev–Trinajstić information content (AvgIpc) is 3.51. The molecule has 2 aliphatic carbocycles. The molecule has 35 heavy (non-hydrogen) atoms. The standard InChI is InChI=1S/C32H36N2O/c1-23-20-26(31(35)33-27-9-3-2-4-10-27)13-15-29(23)25-12-14-28(21-25)34-19-7-17-32(22-34)18-16-24-8-5-6-11-30(24)32/h2-6,8-11,13,15,20,25,28H,7,12,14,16-19,21-22H2,1H3,(H,33,35). The van der Waals surface area contributed by atoms with E-state index in [1.54, 1.807) is 11.1 Å². The number of nitrogens with one attached hydrogen (secondary N) is 1. The van der Waals surface area contributed by atoms with E-state index >= 15 is 0 Å². The number of amides is 1. The number of likely N-dealkylation sites (tertiary alicyclic amines) is 1. The fraction of sp³-hybridized carbons (Fsp3) is 0.406. The van der Waals surface area contributed by atoms with E-state index in [9.17, 15) is 4.79 Å². The van der Waals surface area contributed by atoms with Crippen molar-refractivity contribution < 1.29 is 4.79 Å². The van der Waals surface area contributed by atoms with Gasteiger partial charge in [-0.1, -0.05) is 48.5 Å². The van der Waals surface area contributed by atoms with Gasteiger partial charge in [-0.15, -0.1) is 0 Å². The Kier molecular flexibility index (Phi) is 5.98. The fourth-order valence-corrected chi connectivity index (χ4v) is 7.24. The summed E-state index contributed by atoms with van der Waals surface area (Å²) in [5.41, 5.74) is 7.86. The summed E-state index contributed by atoms with van der Waals surface area (Å²) >= 11 is 0. The van der Waals surface area contributed by atoms with E-state index in [4.69, 9.17) is 0 Å². The number of hydrogen-bond acceptors (Lipinski definition) is 2. The third kappa shape index (κ3) is 4.31. The zero-order chi connectivity index (χ0) is 23.8. The van der Waals surface area contributed by atoms with Crippen LogP contribution >= 0.6 is 0 Å². The summed E-state index contributed by atoms with van der Waals surface area (Å²) in [6.45, 7) is 4.66. The van der Waals surface area contributed by atoms with Crippen LogP contribution in [0.25, 0.3) is 0 Å². The molecule has 1 amide bonds. The van der Waals surface area contributed by atoms with Crippen molar-refractivity contribution in [3.63, 3.8) is 0 Å². The minimum absolute atomic E-state index is 0.0365. The van der Waals surface area contributed by atoms with Gasteiger partial charge in [-0.25, -0.2) is 0 Å². The molecule has 1 aliphatic heterocycles. The second-order valence-corrected chi connectivity index (χ2v) is 11.1. The molecular formula is C32H36N2O. The fourth-order valence-electron chi connectivity index (χ4n) is 7.24. The molecule has 3 atom stereocenters. The first-order valence-corrected chi connectivity index (χ1v) is 13.4. The third-order valence-electron chi connectivity index (χ3n) is 8.99. The minimum atomic E-state index is -0.0365. The molecule has 3 aromatic carbocycles. The van der Waals surface area contributed by atoms with Crippen LogP contribution in [0, 0.1) is 6.92 Å². The van der Waals surface area contributed by atoms with Crippen LogP contribution in [-0.4, -0.2) is 29.9 Å². The Morgan fingerprint density at radius 2 is 1.80 bits per heavy atom. The Labute approximate surface area is 209 Å². The van der Waals surface area contributed by atoms with Crippen molar-refractivity contribution in [3.05, 3.63) is 101 Å². The number of para-hydroxylation sites is 1. The molecule has 1 saturated carbocycles. The number of hydrogen-bond donors (Lipinski definition) is 1. The van der Waals surface area contributed by atoms with E-state index in [0.717, 1.165) is 11.3 Å². The summed E-state index contributed by atoms with van der Waals surface area (Å²) in [5.74, 6) is 0.561. The molecule has 3 nitrogen and oxygen atoms in total. The molecule has 0 bridgehead atoms. The van der Waals surface area contributed by atoms with Crippen molar-refractivity contribution in [2.45, 2.75) is 69.2 Å². The minimum Gasteiger partial charge on any atom is -0.322 e. The Morgan fingerprint density at radius 3 is 2.66 bits per heavy atom. The van der Waals surface area contributed by atoms with Crippen molar-refractivity contribution in [1.29, 1.82) is 0 Å². The van der Waals surface area contributed by atoms with Crippen LogP contribution in [0.1, 0.15) is 77.1 Å². The Morgan fingerprint density at radius 1 is 0.971 bits per heavy atom. The van der Waals surface area contributed by atoms with Gasteiger partial charge in [0.25, 0.3) is 5.91 Å². The van der Waals surface area contributed by atoms with E-state index in [1.807, 2.05) is 36.4 Å². The molecule has 1 heterocycles. The SMILES string of the molecule is Cc1cc(C(=O)Nc2ccccc2)ccc1C1CCC(N2CCCC3(CCc4ccccc43)C2)C1. The van der Waals surface area contributed by atoms with Crippen LogP contribution in [0.4, 0.5) is 5.69 Å². The van der Waals surface area contributed by atoms with E-state index in [1.165, 1.54) is 69.2 Å². The predicted molar refractivity (Wildman–Crippen MR) is 143 cm³/mol. The largest absolute Gasteiger partial charge is 0.322 e. The maximum atomic E-state index is 12.8. The summed E-state index contributed by atoms with van der Waals surface area (Å²) < 4.78 is 0. The number of carbonyl (C=O) groups excluding carboxylic acids is 1. The first-order valence-electron chi connectivity index (χ1n) is 13.4. The highest BCUT2D eigenvalue weighted by Crippen LogP contribution is 2.47. The lowest BCUT2D eigenvalue weighted by Crippen LogP contribution is -2.48. The van der Waals surface area contributed by atoms with Crippen molar-refractivity contribution in [2.24, 2.45) is 0 Å². The Bertz CT molecular complexity index is 1220. The van der Waals surface area contributed by atoms with Gasteiger partial charge in [-0.05, 0) is 111 Å². The number of benzene rings is 3. The summed E-state index contributed by atoms with van der Waals surface area (Å²) in [6.07, 6.45) is 9.03. The molecule has 1 N–H and O–H groups in total. The molecule has 0 radical (unpaired) electrons. The van der Waals surface area contributed by atoms with E-state index in [-0.39, 0.29) is 5.91 Å². The maximum absolute atomic E-state index is 12.8. The lowest BCUT2D eigenvalue weighted by atomic mass is 9.74. The van der Waals surface area contributed by atoms with E-state index in [2.05, 4.69) is 53.5 Å². The lowest BCUT2D eigenvalue weighted by Gasteiger charge is -2.44. The van der Waals surface area contributed by atoms with Gasteiger partial charge >= 0.3 is 0 Å². The Hall–Kier alpha value is -2.91. The van der Waals surface area contributed by atoms with Crippen LogP contribution in [0.3, 0.4) is 0 Å². The zero-order valence-electron chi connectivity index (χ0n) is 20.8. The number of fused-ring (bicyclic) bond motifs is 2. The number of anilines is 1. The molecule has 180 valence electrons. The van der Waals surface area contributed by atoms with Gasteiger partial charge in [0, 0.05) is 29.3 Å². The first-order chi connectivity index (χ1) is 17.1.